The Balaban J connectivity index is 1.58. The van der Waals surface area contributed by atoms with Crippen LogP contribution in [0.5, 0.6) is 0 Å². The van der Waals surface area contributed by atoms with Gasteiger partial charge in [-0.25, -0.2) is 0 Å². The van der Waals surface area contributed by atoms with E-state index in [-0.39, 0.29) is 0 Å². The van der Waals surface area contributed by atoms with E-state index >= 15 is 0 Å². The Hall–Kier alpha value is -0.340. The monoisotopic (exact) mass is 305 g/mol. The molecule has 1 heterocycles. The number of piperidine rings is 1. The van der Waals surface area contributed by atoms with Crippen LogP contribution < -0.4 is 0 Å². The van der Waals surface area contributed by atoms with Crippen LogP contribution in [-0.2, 0) is 0 Å². The van der Waals surface area contributed by atoms with Crippen LogP contribution in [0.1, 0.15) is 89.9 Å². The van der Waals surface area contributed by atoms with E-state index in [1.54, 1.807) is 5.57 Å². The molecule has 1 atom stereocenters. The summed E-state index contributed by atoms with van der Waals surface area (Å²) in [6, 6.07) is 0. The Morgan fingerprint density at radius 1 is 0.818 bits per heavy atom. The van der Waals surface area contributed by atoms with Crippen molar-refractivity contribution in [2.75, 3.05) is 19.6 Å². The maximum absolute atomic E-state index is 11.3. The summed E-state index contributed by atoms with van der Waals surface area (Å²) in [7, 11) is 0. The lowest BCUT2D eigenvalue weighted by Crippen LogP contribution is -2.37. The first-order chi connectivity index (χ1) is 10.8. The third-order valence-corrected chi connectivity index (χ3v) is 6.23. The maximum Gasteiger partial charge on any atom is 0.0859 e. The minimum absolute atomic E-state index is 0.444. The first-order valence-electron chi connectivity index (χ1n) is 9.94. The highest BCUT2D eigenvalue weighted by Gasteiger charge is 2.35. The molecule has 2 aliphatic carbocycles. The molecule has 0 radical (unpaired) electrons. The van der Waals surface area contributed by atoms with Crippen LogP contribution >= 0.6 is 0 Å². The fourth-order valence-corrected chi connectivity index (χ4v) is 4.94. The molecule has 3 fully saturated rings. The van der Waals surface area contributed by atoms with Crippen molar-refractivity contribution in [2.45, 2.75) is 95.5 Å². The Kier molecular flexibility index (Phi) is 5.98. The number of likely N-dealkylation sites (tertiary alicyclic amines) is 1. The summed E-state index contributed by atoms with van der Waals surface area (Å²) in [4.78, 5) is 2.61. The zero-order valence-electron chi connectivity index (χ0n) is 14.4. The van der Waals surface area contributed by atoms with Crippen LogP contribution in [0.25, 0.3) is 0 Å². The predicted octanol–water partition coefficient (Wildman–Crippen LogP) is 4.82. The van der Waals surface area contributed by atoms with Gasteiger partial charge in [-0.3, -0.25) is 0 Å². The molecule has 2 nitrogen and oxygen atoms in total. The van der Waals surface area contributed by atoms with Crippen molar-refractivity contribution in [3.8, 4) is 0 Å². The number of hydrogen-bond donors (Lipinski definition) is 1. The van der Waals surface area contributed by atoms with Crippen LogP contribution in [0.15, 0.2) is 11.1 Å². The molecule has 0 aromatic rings. The Morgan fingerprint density at radius 2 is 1.50 bits per heavy atom. The summed E-state index contributed by atoms with van der Waals surface area (Å²) in [6.45, 7) is 3.77. The molecule has 1 N–H and O–H groups in total. The second-order valence-electron chi connectivity index (χ2n) is 7.89. The van der Waals surface area contributed by atoms with Crippen molar-refractivity contribution in [2.24, 2.45) is 0 Å². The topological polar surface area (TPSA) is 23.5 Å². The molecule has 3 rings (SSSR count). The molecule has 0 aromatic carbocycles. The molecule has 22 heavy (non-hydrogen) atoms. The Bertz CT molecular complexity index is 375. The van der Waals surface area contributed by atoms with Crippen molar-refractivity contribution in [1.82, 2.24) is 4.90 Å². The molecule has 3 aliphatic rings. The highest BCUT2D eigenvalue weighted by Crippen LogP contribution is 2.42. The number of rotatable bonds is 4. The molecular weight excluding hydrogens is 270 g/mol. The standard InChI is InChI=1S/C20H35NO/c22-20(14-9-17-21-15-7-2-8-16-21)13-6-5-12-19(20)18-10-3-1-4-11-18/h22H,1-17H2. The Labute approximate surface area is 137 Å². The van der Waals surface area contributed by atoms with E-state index in [0.717, 1.165) is 12.8 Å². The number of allylic oxidation sites excluding steroid dienone is 1. The maximum atomic E-state index is 11.3. The average molecular weight is 306 g/mol. The largest absolute Gasteiger partial charge is 0.386 e. The third kappa shape index (κ3) is 4.14. The molecule has 1 unspecified atom stereocenters. The highest BCUT2D eigenvalue weighted by molar-refractivity contribution is 5.27. The molecule has 0 bridgehead atoms. The summed E-state index contributed by atoms with van der Waals surface area (Å²) in [5, 5.41) is 11.3. The second kappa shape index (κ2) is 7.97. The fourth-order valence-electron chi connectivity index (χ4n) is 4.94. The normalized spacial score (nSPS) is 31.5. The summed E-state index contributed by atoms with van der Waals surface area (Å²) in [6.07, 6.45) is 17.7. The zero-order chi connectivity index (χ0) is 15.3. The minimum Gasteiger partial charge on any atom is -0.386 e. The van der Waals surface area contributed by atoms with Gasteiger partial charge >= 0.3 is 0 Å². The lowest BCUT2D eigenvalue weighted by Gasteiger charge is -2.38. The summed E-state index contributed by atoms with van der Waals surface area (Å²) < 4.78 is 0. The van der Waals surface area contributed by atoms with E-state index < -0.39 is 5.60 Å². The molecule has 0 aromatic heterocycles. The van der Waals surface area contributed by atoms with Crippen LogP contribution in [0.2, 0.25) is 0 Å². The van der Waals surface area contributed by atoms with Gasteiger partial charge in [0.25, 0.3) is 0 Å². The van der Waals surface area contributed by atoms with E-state index in [9.17, 15) is 5.11 Å². The van der Waals surface area contributed by atoms with E-state index in [2.05, 4.69) is 4.90 Å². The van der Waals surface area contributed by atoms with Crippen molar-refractivity contribution in [1.29, 1.82) is 0 Å². The number of hydrogen-bond acceptors (Lipinski definition) is 2. The van der Waals surface area contributed by atoms with Gasteiger partial charge in [0.05, 0.1) is 5.60 Å². The van der Waals surface area contributed by atoms with E-state index in [0.29, 0.717) is 0 Å². The summed E-state index contributed by atoms with van der Waals surface area (Å²) in [5.74, 6) is 0. The third-order valence-electron chi connectivity index (χ3n) is 6.23. The number of nitrogens with zero attached hydrogens (tertiary/aromatic N) is 1. The van der Waals surface area contributed by atoms with Gasteiger partial charge in [0.15, 0.2) is 0 Å². The van der Waals surface area contributed by atoms with Gasteiger partial charge in [0, 0.05) is 0 Å². The zero-order valence-corrected chi connectivity index (χ0v) is 14.4. The van der Waals surface area contributed by atoms with Crippen LogP contribution in [0, 0.1) is 0 Å². The minimum atomic E-state index is -0.444. The van der Waals surface area contributed by atoms with Crippen molar-refractivity contribution in [3.05, 3.63) is 11.1 Å². The molecule has 2 saturated carbocycles. The molecule has 0 spiro atoms. The van der Waals surface area contributed by atoms with Gasteiger partial charge in [-0.05, 0) is 102 Å². The first-order valence-corrected chi connectivity index (χ1v) is 9.94. The van der Waals surface area contributed by atoms with Gasteiger partial charge in [-0.15, -0.1) is 0 Å². The predicted molar refractivity (Wildman–Crippen MR) is 93.1 cm³/mol. The van der Waals surface area contributed by atoms with Gasteiger partial charge in [0.1, 0.15) is 0 Å². The smallest absolute Gasteiger partial charge is 0.0859 e. The van der Waals surface area contributed by atoms with Crippen LogP contribution in [0.3, 0.4) is 0 Å². The first kappa shape index (κ1) is 16.5. The quantitative estimate of drug-likeness (QED) is 0.753. The average Bonchev–Trinajstić information content (AvgIpc) is 2.57. The molecule has 1 aliphatic heterocycles. The van der Waals surface area contributed by atoms with Crippen molar-refractivity contribution < 1.29 is 5.11 Å². The lowest BCUT2D eigenvalue weighted by atomic mass is 9.73. The summed E-state index contributed by atoms with van der Waals surface area (Å²) >= 11 is 0. The van der Waals surface area contributed by atoms with Gasteiger partial charge in [0.2, 0.25) is 0 Å². The van der Waals surface area contributed by atoms with E-state index in [1.165, 1.54) is 102 Å². The van der Waals surface area contributed by atoms with Gasteiger partial charge in [-0.2, -0.15) is 0 Å². The van der Waals surface area contributed by atoms with Crippen LogP contribution in [0.4, 0.5) is 0 Å². The summed E-state index contributed by atoms with van der Waals surface area (Å²) in [5.41, 5.74) is 2.68. The van der Waals surface area contributed by atoms with E-state index in [4.69, 9.17) is 0 Å². The Morgan fingerprint density at radius 3 is 2.27 bits per heavy atom. The fraction of sp³-hybridized carbons (Fsp3) is 0.900. The molecule has 0 amide bonds. The van der Waals surface area contributed by atoms with E-state index in [1.807, 2.05) is 0 Å². The van der Waals surface area contributed by atoms with Crippen molar-refractivity contribution in [3.63, 3.8) is 0 Å². The molecule has 2 heteroatoms. The van der Waals surface area contributed by atoms with Gasteiger partial charge < -0.3 is 10.0 Å². The highest BCUT2D eigenvalue weighted by atomic mass is 16.3. The van der Waals surface area contributed by atoms with Crippen molar-refractivity contribution >= 4 is 0 Å². The molecule has 126 valence electrons. The number of aliphatic hydroxyl groups is 1. The second-order valence-corrected chi connectivity index (χ2v) is 7.89. The van der Waals surface area contributed by atoms with Crippen LogP contribution in [-0.4, -0.2) is 35.2 Å². The lowest BCUT2D eigenvalue weighted by molar-refractivity contribution is 0.0358. The molecule has 1 saturated heterocycles. The SMILES string of the molecule is OC1(CCCN2CCCCC2)CCCCC1=C1CCCCC1. The molecular formula is C20H35NO. The van der Waals surface area contributed by atoms with Gasteiger partial charge in [-0.1, -0.05) is 18.4 Å².